The normalized spacial score (nSPS) is 22.8. The molecule has 0 unspecified atom stereocenters. The number of morpholine rings is 1. The van der Waals surface area contributed by atoms with Crippen molar-refractivity contribution in [1.29, 1.82) is 0 Å². The van der Waals surface area contributed by atoms with E-state index in [1.54, 1.807) is 23.0 Å². The van der Waals surface area contributed by atoms with Gasteiger partial charge >= 0.3 is 0 Å². The van der Waals surface area contributed by atoms with Gasteiger partial charge in [-0.25, -0.2) is 4.98 Å². The lowest BCUT2D eigenvalue weighted by atomic mass is 10.2. The van der Waals surface area contributed by atoms with Gasteiger partial charge in [-0.2, -0.15) is 0 Å². The lowest BCUT2D eigenvalue weighted by Gasteiger charge is -2.35. The highest BCUT2D eigenvalue weighted by molar-refractivity contribution is 7.99. The predicted octanol–water partition coefficient (Wildman–Crippen LogP) is 2.21. The van der Waals surface area contributed by atoms with Gasteiger partial charge in [0.25, 0.3) is 5.56 Å². The second-order valence-electron chi connectivity index (χ2n) is 7.14. The number of thioether (sulfide) groups is 1. The highest BCUT2D eigenvalue weighted by Crippen LogP contribution is 2.35. The van der Waals surface area contributed by atoms with E-state index in [0.717, 1.165) is 29.5 Å². The molecule has 6 nitrogen and oxygen atoms in total. The zero-order valence-corrected chi connectivity index (χ0v) is 16.9. The Bertz CT molecular complexity index is 911. The molecule has 1 saturated heterocycles. The van der Waals surface area contributed by atoms with Crippen LogP contribution in [0.1, 0.15) is 30.7 Å². The molecule has 0 radical (unpaired) electrons. The smallest absolute Gasteiger partial charge is 0.262 e. The van der Waals surface area contributed by atoms with Crippen LogP contribution in [0.25, 0.3) is 10.2 Å². The summed E-state index contributed by atoms with van der Waals surface area (Å²) in [5.41, 5.74) is 1.21. The molecule has 2 aliphatic rings. The molecule has 2 atom stereocenters. The van der Waals surface area contributed by atoms with Crippen LogP contribution in [0.3, 0.4) is 0 Å². The Morgan fingerprint density at radius 1 is 1.31 bits per heavy atom. The number of aryl methyl sites for hydroxylation is 2. The van der Waals surface area contributed by atoms with Gasteiger partial charge in [0.2, 0.25) is 5.91 Å². The van der Waals surface area contributed by atoms with Crippen molar-refractivity contribution >= 4 is 39.2 Å². The van der Waals surface area contributed by atoms with Gasteiger partial charge in [-0.1, -0.05) is 11.8 Å². The molecule has 8 heteroatoms. The minimum atomic E-state index is 0.0120. The van der Waals surface area contributed by atoms with Crippen molar-refractivity contribution in [2.24, 2.45) is 7.05 Å². The van der Waals surface area contributed by atoms with Crippen molar-refractivity contribution in [1.82, 2.24) is 14.5 Å². The van der Waals surface area contributed by atoms with Gasteiger partial charge in [-0.05, 0) is 38.7 Å². The summed E-state index contributed by atoms with van der Waals surface area (Å²) < 4.78 is 7.28. The molecule has 2 aromatic heterocycles. The molecule has 26 heavy (non-hydrogen) atoms. The van der Waals surface area contributed by atoms with Crippen LogP contribution >= 0.6 is 23.1 Å². The van der Waals surface area contributed by atoms with Gasteiger partial charge in [0.05, 0.1) is 23.3 Å². The molecule has 0 saturated carbocycles. The van der Waals surface area contributed by atoms with Crippen molar-refractivity contribution in [2.45, 2.75) is 50.5 Å². The SMILES string of the molecule is C[C@@H]1CN(C(=O)CSc2nc3sc4c(c3c(=O)n2C)CCC4)C[C@@H](C)O1. The maximum Gasteiger partial charge on any atom is 0.262 e. The van der Waals surface area contributed by atoms with Crippen LogP contribution in [0.5, 0.6) is 0 Å². The summed E-state index contributed by atoms with van der Waals surface area (Å²) in [4.78, 5) is 34.0. The summed E-state index contributed by atoms with van der Waals surface area (Å²) >= 11 is 2.98. The number of rotatable bonds is 3. The van der Waals surface area contributed by atoms with E-state index in [2.05, 4.69) is 0 Å². The third-order valence-electron chi connectivity index (χ3n) is 5.00. The number of ether oxygens (including phenoxy) is 1. The van der Waals surface area contributed by atoms with Crippen LogP contribution in [0.2, 0.25) is 0 Å². The Labute approximate surface area is 160 Å². The average Bonchev–Trinajstić information content (AvgIpc) is 3.16. The van der Waals surface area contributed by atoms with Crippen molar-refractivity contribution in [3.8, 4) is 0 Å². The maximum absolute atomic E-state index is 12.8. The second kappa shape index (κ2) is 6.98. The number of thiophene rings is 1. The van der Waals surface area contributed by atoms with E-state index in [1.165, 1.54) is 22.2 Å². The van der Waals surface area contributed by atoms with Crippen LogP contribution in [-0.4, -0.2) is 51.4 Å². The molecule has 4 rings (SSSR count). The summed E-state index contributed by atoms with van der Waals surface area (Å²) in [7, 11) is 1.75. The Morgan fingerprint density at radius 2 is 2.04 bits per heavy atom. The number of hydrogen-bond acceptors (Lipinski definition) is 6. The Morgan fingerprint density at radius 3 is 2.77 bits per heavy atom. The quantitative estimate of drug-likeness (QED) is 0.591. The zero-order valence-electron chi connectivity index (χ0n) is 15.3. The van der Waals surface area contributed by atoms with E-state index in [4.69, 9.17) is 9.72 Å². The Balaban J connectivity index is 1.53. The molecule has 1 aliphatic carbocycles. The lowest BCUT2D eigenvalue weighted by molar-refractivity contribution is -0.140. The number of carbonyl (C=O) groups is 1. The first kappa shape index (κ1) is 18.0. The maximum atomic E-state index is 12.8. The second-order valence-corrected chi connectivity index (χ2v) is 9.17. The fourth-order valence-corrected chi connectivity index (χ4v) is 6.01. The van der Waals surface area contributed by atoms with E-state index in [9.17, 15) is 9.59 Å². The van der Waals surface area contributed by atoms with E-state index in [-0.39, 0.29) is 29.4 Å². The van der Waals surface area contributed by atoms with E-state index < -0.39 is 0 Å². The largest absolute Gasteiger partial charge is 0.372 e. The van der Waals surface area contributed by atoms with Crippen molar-refractivity contribution in [2.75, 3.05) is 18.8 Å². The summed E-state index contributed by atoms with van der Waals surface area (Å²) in [5, 5.41) is 1.40. The molecule has 0 bridgehead atoms. The van der Waals surface area contributed by atoms with E-state index in [0.29, 0.717) is 18.2 Å². The molecule has 3 heterocycles. The van der Waals surface area contributed by atoms with Crippen LogP contribution in [0.15, 0.2) is 9.95 Å². The highest BCUT2D eigenvalue weighted by atomic mass is 32.2. The monoisotopic (exact) mass is 393 g/mol. The van der Waals surface area contributed by atoms with Crippen molar-refractivity contribution < 1.29 is 9.53 Å². The number of fused-ring (bicyclic) bond motifs is 3. The molecular weight excluding hydrogens is 370 g/mol. The Kier molecular flexibility index (Phi) is 4.83. The highest BCUT2D eigenvalue weighted by Gasteiger charge is 2.27. The predicted molar refractivity (Wildman–Crippen MR) is 104 cm³/mol. The first-order valence-corrected chi connectivity index (χ1v) is 10.8. The van der Waals surface area contributed by atoms with Gasteiger partial charge in [0.15, 0.2) is 5.16 Å². The first-order valence-electron chi connectivity index (χ1n) is 9.01. The van der Waals surface area contributed by atoms with E-state index >= 15 is 0 Å². The summed E-state index contributed by atoms with van der Waals surface area (Å²) in [6, 6.07) is 0. The third-order valence-corrected chi connectivity index (χ3v) is 7.20. The minimum Gasteiger partial charge on any atom is -0.372 e. The fraction of sp³-hybridized carbons (Fsp3) is 0.611. The molecule has 1 amide bonds. The Hall–Kier alpha value is -1.38. The number of amides is 1. The molecule has 1 fully saturated rings. The van der Waals surface area contributed by atoms with Gasteiger partial charge in [-0.15, -0.1) is 11.3 Å². The minimum absolute atomic E-state index is 0.0120. The van der Waals surface area contributed by atoms with Crippen LogP contribution < -0.4 is 5.56 Å². The molecule has 1 aliphatic heterocycles. The zero-order chi connectivity index (χ0) is 18.4. The van der Waals surface area contributed by atoms with Gasteiger partial charge in [-0.3, -0.25) is 14.2 Å². The van der Waals surface area contributed by atoms with Gasteiger partial charge in [0, 0.05) is 25.0 Å². The summed E-state index contributed by atoms with van der Waals surface area (Å²) in [6.07, 6.45) is 3.26. The number of hydrogen-bond donors (Lipinski definition) is 0. The molecule has 2 aromatic rings. The fourth-order valence-electron chi connectivity index (χ4n) is 3.83. The van der Waals surface area contributed by atoms with Crippen LogP contribution in [0.4, 0.5) is 0 Å². The van der Waals surface area contributed by atoms with Gasteiger partial charge in [0.1, 0.15) is 4.83 Å². The standard InChI is InChI=1S/C18H23N3O3S2/c1-10-7-21(8-11(2)24-10)14(22)9-25-18-19-16-15(17(23)20(18)3)12-5-4-6-13(12)26-16/h10-11H,4-9H2,1-3H3/t10-,11-/m1/s1. The third kappa shape index (κ3) is 3.18. The van der Waals surface area contributed by atoms with E-state index in [1.807, 2.05) is 18.7 Å². The van der Waals surface area contributed by atoms with Crippen molar-refractivity contribution in [3.63, 3.8) is 0 Å². The molecule has 140 valence electrons. The first-order chi connectivity index (χ1) is 12.4. The van der Waals surface area contributed by atoms with Crippen LogP contribution in [0, 0.1) is 0 Å². The topological polar surface area (TPSA) is 64.4 Å². The molecule has 0 spiro atoms. The van der Waals surface area contributed by atoms with Crippen molar-refractivity contribution in [3.05, 3.63) is 20.8 Å². The molecule has 0 N–H and O–H groups in total. The van der Waals surface area contributed by atoms with Gasteiger partial charge < -0.3 is 9.64 Å². The summed E-state index contributed by atoms with van der Waals surface area (Å²) in [6.45, 7) is 5.20. The summed E-state index contributed by atoms with van der Waals surface area (Å²) in [5.74, 6) is 0.357. The number of nitrogens with zero attached hydrogens (tertiary/aromatic N) is 3. The average molecular weight is 394 g/mol. The number of aromatic nitrogens is 2. The molecule has 0 aromatic carbocycles. The number of carbonyl (C=O) groups excluding carboxylic acids is 1. The van der Waals surface area contributed by atoms with Crippen LogP contribution in [-0.2, 0) is 29.4 Å². The molecular formula is C18H23N3O3S2. The lowest BCUT2D eigenvalue weighted by Crippen LogP contribution is -2.48.